The second-order valence-electron chi connectivity index (χ2n) is 6.14. The van der Waals surface area contributed by atoms with Crippen LogP contribution in [0.25, 0.3) is 0 Å². The average molecular weight is 362 g/mol. The van der Waals surface area contributed by atoms with Gasteiger partial charge in [-0.1, -0.05) is 12.1 Å². The molecule has 1 fully saturated rings. The van der Waals surface area contributed by atoms with Crippen molar-refractivity contribution in [3.05, 3.63) is 40.3 Å². The first-order chi connectivity index (χ1) is 12.2. The number of amides is 1. The molecule has 0 radical (unpaired) electrons. The maximum Gasteiger partial charge on any atom is 0.265 e. The normalized spacial score (nSPS) is 17.4. The summed E-state index contributed by atoms with van der Waals surface area (Å²) in [4.78, 5) is 15.1. The van der Waals surface area contributed by atoms with Gasteiger partial charge in [-0.05, 0) is 25.0 Å². The Morgan fingerprint density at radius 3 is 2.76 bits per heavy atom. The Balaban J connectivity index is 1.36. The summed E-state index contributed by atoms with van der Waals surface area (Å²) in [6, 6.07) is 6.89. The molecule has 1 N–H and O–H groups in total. The number of piperidine rings is 1. The number of carbonyl (C=O) groups is 1. The summed E-state index contributed by atoms with van der Waals surface area (Å²) in [5, 5.41) is 4.88. The lowest BCUT2D eigenvalue weighted by molar-refractivity contribution is 0.0926. The van der Waals surface area contributed by atoms with Crippen LogP contribution in [0.4, 0.5) is 10.1 Å². The van der Waals surface area contributed by atoms with Crippen molar-refractivity contribution in [3.63, 3.8) is 0 Å². The first-order valence-electron chi connectivity index (χ1n) is 8.40. The van der Waals surface area contributed by atoms with Gasteiger partial charge in [0.1, 0.15) is 23.9 Å². The SMILES string of the molecule is O=C(NC1CCN(c2ccccc2F)CC1)c1scc2c1OCCO2. The number of carbonyl (C=O) groups excluding carboxylic acids is 1. The molecule has 0 unspecified atom stereocenters. The highest BCUT2D eigenvalue weighted by Crippen LogP contribution is 2.39. The van der Waals surface area contributed by atoms with Gasteiger partial charge < -0.3 is 19.7 Å². The number of para-hydroxylation sites is 1. The van der Waals surface area contributed by atoms with Crippen molar-refractivity contribution in [3.8, 4) is 11.5 Å². The molecule has 3 heterocycles. The van der Waals surface area contributed by atoms with Gasteiger partial charge in [-0.25, -0.2) is 4.39 Å². The van der Waals surface area contributed by atoms with Gasteiger partial charge in [0, 0.05) is 24.5 Å². The quantitative estimate of drug-likeness (QED) is 0.912. The zero-order valence-corrected chi connectivity index (χ0v) is 14.5. The van der Waals surface area contributed by atoms with E-state index in [9.17, 15) is 9.18 Å². The van der Waals surface area contributed by atoms with Crippen LogP contribution in [0.15, 0.2) is 29.6 Å². The third-order valence-corrected chi connectivity index (χ3v) is 5.47. The van der Waals surface area contributed by atoms with Crippen molar-refractivity contribution < 1.29 is 18.7 Å². The largest absolute Gasteiger partial charge is 0.485 e. The van der Waals surface area contributed by atoms with Crippen LogP contribution in [0, 0.1) is 5.82 Å². The van der Waals surface area contributed by atoms with E-state index in [0.29, 0.717) is 48.4 Å². The summed E-state index contributed by atoms with van der Waals surface area (Å²) in [5.41, 5.74) is 0.630. The van der Waals surface area contributed by atoms with Crippen LogP contribution in [0.3, 0.4) is 0 Å². The molecular formula is C18H19FN2O3S. The van der Waals surface area contributed by atoms with Crippen LogP contribution >= 0.6 is 11.3 Å². The van der Waals surface area contributed by atoms with Gasteiger partial charge in [-0.15, -0.1) is 11.3 Å². The zero-order valence-electron chi connectivity index (χ0n) is 13.7. The highest BCUT2D eigenvalue weighted by atomic mass is 32.1. The van der Waals surface area contributed by atoms with E-state index in [1.807, 2.05) is 16.3 Å². The maximum atomic E-state index is 13.9. The molecule has 0 spiro atoms. The van der Waals surface area contributed by atoms with E-state index in [1.165, 1.54) is 17.4 Å². The molecule has 2 aliphatic rings. The first kappa shape index (κ1) is 16.2. The summed E-state index contributed by atoms with van der Waals surface area (Å²) in [7, 11) is 0. The van der Waals surface area contributed by atoms with Gasteiger partial charge >= 0.3 is 0 Å². The Morgan fingerprint density at radius 1 is 1.20 bits per heavy atom. The predicted octanol–water partition coefficient (Wildman–Crippen LogP) is 3.06. The number of fused-ring (bicyclic) bond motifs is 1. The molecule has 25 heavy (non-hydrogen) atoms. The van der Waals surface area contributed by atoms with Crippen molar-refractivity contribution in [2.24, 2.45) is 0 Å². The van der Waals surface area contributed by atoms with E-state index >= 15 is 0 Å². The summed E-state index contributed by atoms with van der Waals surface area (Å²) in [6.45, 7) is 2.41. The number of hydrogen-bond donors (Lipinski definition) is 1. The van der Waals surface area contributed by atoms with E-state index in [4.69, 9.17) is 9.47 Å². The van der Waals surface area contributed by atoms with Crippen LogP contribution in [0.5, 0.6) is 11.5 Å². The topological polar surface area (TPSA) is 50.8 Å². The smallest absolute Gasteiger partial charge is 0.265 e. The highest BCUT2D eigenvalue weighted by molar-refractivity contribution is 7.12. The molecule has 4 rings (SSSR count). The summed E-state index contributed by atoms with van der Waals surface area (Å²) in [5.74, 6) is 0.877. The number of rotatable bonds is 3. The molecule has 7 heteroatoms. The van der Waals surface area contributed by atoms with Crippen LogP contribution in [-0.4, -0.2) is 38.3 Å². The molecule has 132 valence electrons. The molecule has 0 bridgehead atoms. The highest BCUT2D eigenvalue weighted by Gasteiger charge is 2.27. The Bertz CT molecular complexity index is 771. The fourth-order valence-electron chi connectivity index (χ4n) is 3.24. The van der Waals surface area contributed by atoms with Gasteiger partial charge in [0.25, 0.3) is 5.91 Å². The third kappa shape index (κ3) is 3.28. The van der Waals surface area contributed by atoms with Crippen LogP contribution in [0.2, 0.25) is 0 Å². The fraction of sp³-hybridized carbons (Fsp3) is 0.389. The van der Waals surface area contributed by atoms with Crippen molar-refractivity contribution in [2.45, 2.75) is 18.9 Å². The number of thiophene rings is 1. The number of ether oxygens (including phenoxy) is 2. The van der Waals surface area contributed by atoms with Crippen LogP contribution in [0.1, 0.15) is 22.5 Å². The number of nitrogens with one attached hydrogen (secondary N) is 1. The Morgan fingerprint density at radius 2 is 1.96 bits per heavy atom. The monoisotopic (exact) mass is 362 g/mol. The number of benzene rings is 1. The molecule has 0 aliphatic carbocycles. The Kier molecular flexibility index (Phi) is 4.48. The van der Waals surface area contributed by atoms with Crippen molar-refractivity contribution in [1.29, 1.82) is 0 Å². The van der Waals surface area contributed by atoms with E-state index in [1.54, 1.807) is 12.1 Å². The molecule has 0 atom stereocenters. The van der Waals surface area contributed by atoms with Crippen molar-refractivity contribution in [2.75, 3.05) is 31.2 Å². The van der Waals surface area contributed by atoms with Gasteiger partial charge in [-0.3, -0.25) is 4.79 Å². The number of nitrogens with zero attached hydrogens (tertiary/aromatic N) is 1. The molecule has 1 aromatic heterocycles. The third-order valence-electron chi connectivity index (χ3n) is 4.53. The van der Waals surface area contributed by atoms with E-state index in [0.717, 1.165) is 12.8 Å². The van der Waals surface area contributed by atoms with E-state index in [-0.39, 0.29) is 17.8 Å². The molecule has 5 nitrogen and oxygen atoms in total. The summed E-state index contributed by atoms with van der Waals surface area (Å²) in [6.07, 6.45) is 1.57. The molecular weight excluding hydrogens is 343 g/mol. The van der Waals surface area contributed by atoms with Crippen molar-refractivity contribution >= 4 is 22.9 Å². The second-order valence-corrected chi connectivity index (χ2v) is 7.02. The number of anilines is 1. The fourth-order valence-corrected chi connectivity index (χ4v) is 4.08. The maximum absolute atomic E-state index is 13.9. The van der Waals surface area contributed by atoms with Gasteiger partial charge in [-0.2, -0.15) is 0 Å². The first-order valence-corrected chi connectivity index (χ1v) is 9.28. The lowest BCUT2D eigenvalue weighted by Crippen LogP contribution is -2.44. The summed E-state index contributed by atoms with van der Waals surface area (Å²) < 4.78 is 24.9. The van der Waals surface area contributed by atoms with Gasteiger partial charge in [0.05, 0.1) is 5.69 Å². The molecule has 1 aromatic carbocycles. The number of halogens is 1. The molecule has 0 saturated carbocycles. The Hall–Kier alpha value is -2.28. The lowest BCUT2D eigenvalue weighted by atomic mass is 10.0. The van der Waals surface area contributed by atoms with E-state index in [2.05, 4.69) is 5.32 Å². The molecule has 1 amide bonds. The summed E-state index contributed by atoms with van der Waals surface area (Å²) >= 11 is 1.34. The Labute approximate surface area is 149 Å². The molecule has 2 aliphatic heterocycles. The minimum absolute atomic E-state index is 0.0813. The van der Waals surface area contributed by atoms with E-state index < -0.39 is 0 Å². The zero-order chi connectivity index (χ0) is 17.2. The lowest BCUT2D eigenvalue weighted by Gasteiger charge is -2.34. The second kappa shape index (κ2) is 6.92. The van der Waals surface area contributed by atoms with Gasteiger partial charge in [0.2, 0.25) is 0 Å². The molecule has 2 aromatic rings. The van der Waals surface area contributed by atoms with Crippen molar-refractivity contribution in [1.82, 2.24) is 5.32 Å². The standard InChI is InChI=1S/C18H19FN2O3S/c19-13-3-1-2-4-14(13)21-7-5-12(6-8-21)20-18(22)17-16-15(11-25-17)23-9-10-24-16/h1-4,11-12H,5-10H2,(H,20,22). The van der Waals surface area contributed by atoms with Crippen LogP contribution in [-0.2, 0) is 0 Å². The minimum atomic E-state index is -0.202. The average Bonchev–Trinajstić information content (AvgIpc) is 3.07. The van der Waals surface area contributed by atoms with Crippen LogP contribution < -0.4 is 19.7 Å². The van der Waals surface area contributed by atoms with Gasteiger partial charge in [0.15, 0.2) is 11.5 Å². The minimum Gasteiger partial charge on any atom is -0.485 e. The predicted molar refractivity (Wildman–Crippen MR) is 94.4 cm³/mol. The molecule has 1 saturated heterocycles. The number of hydrogen-bond acceptors (Lipinski definition) is 5.